The van der Waals surface area contributed by atoms with Crippen LogP contribution in [0.3, 0.4) is 0 Å². The lowest BCUT2D eigenvalue weighted by Crippen LogP contribution is -2.38. The first-order valence-corrected chi connectivity index (χ1v) is 8.07. The van der Waals surface area contributed by atoms with E-state index >= 15 is 0 Å². The molecule has 0 saturated carbocycles. The molecular formula is C13H19FN2O3S. The van der Waals surface area contributed by atoms with Crippen LogP contribution in [0.2, 0.25) is 0 Å². The predicted octanol–water partition coefficient (Wildman–Crippen LogP) is 1.82. The molecule has 0 atom stereocenters. The molecule has 0 aliphatic rings. The minimum Gasteiger partial charge on any atom is -0.326 e. The molecule has 112 valence electrons. The van der Waals surface area contributed by atoms with Gasteiger partial charge in [0.25, 0.3) is 0 Å². The average Bonchev–Trinajstić information content (AvgIpc) is 2.30. The summed E-state index contributed by atoms with van der Waals surface area (Å²) >= 11 is 0. The Balaban J connectivity index is 2.56. The van der Waals surface area contributed by atoms with Crippen molar-refractivity contribution in [1.29, 1.82) is 0 Å². The van der Waals surface area contributed by atoms with Crippen LogP contribution in [0.5, 0.6) is 0 Å². The number of nitrogens with one attached hydrogen (secondary N) is 1. The number of carbonyl (C=O) groups excluding carboxylic acids is 1. The highest BCUT2D eigenvalue weighted by Gasteiger charge is 2.20. The summed E-state index contributed by atoms with van der Waals surface area (Å²) in [5.74, 6) is -0.697. The summed E-state index contributed by atoms with van der Waals surface area (Å²) in [4.78, 5) is 11.7. The van der Waals surface area contributed by atoms with Gasteiger partial charge in [-0.25, -0.2) is 12.8 Å². The molecule has 7 heteroatoms. The Morgan fingerprint density at radius 2 is 1.85 bits per heavy atom. The fraction of sp³-hybridized carbons (Fsp3) is 0.462. The molecule has 0 aliphatic heterocycles. The van der Waals surface area contributed by atoms with E-state index in [2.05, 4.69) is 5.32 Å². The summed E-state index contributed by atoms with van der Waals surface area (Å²) in [6.45, 7) is 3.61. The second-order valence-corrected chi connectivity index (χ2v) is 6.71. The van der Waals surface area contributed by atoms with Crippen molar-refractivity contribution in [3.05, 3.63) is 30.1 Å². The Morgan fingerprint density at radius 3 is 2.30 bits per heavy atom. The van der Waals surface area contributed by atoms with E-state index in [1.165, 1.54) is 28.6 Å². The lowest BCUT2D eigenvalue weighted by atomic mass is 10.3. The maximum atomic E-state index is 12.7. The first kappa shape index (κ1) is 16.6. The number of hydrogen-bond acceptors (Lipinski definition) is 3. The van der Waals surface area contributed by atoms with Gasteiger partial charge in [-0.15, -0.1) is 0 Å². The first-order valence-electron chi connectivity index (χ1n) is 6.22. The van der Waals surface area contributed by atoms with Crippen LogP contribution in [0.25, 0.3) is 0 Å². The Morgan fingerprint density at radius 1 is 1.30 bits per heavy atom. The van der Waals surface area contributed by atoms with Crippen molar-refractivity contribution in [2.75, 3.05) is 18.1 Å². The molecular weight excluding hydrogens is 283 g/mol. The van der Waals surface area contributed by atoms with E-state index < -0.39 is 10.0 Å². The van der Waals surface area contributed by atoms with Gasteiger partial charge in [0.15, 0.2) is 0 Å². The quantitative estimate of drug-likeness (QED) is 0.871. The van der Waals surface area contributed by atoms with Gasteiger partial charge in [0.1, 0.15) is 5.82 Å². The maximum Gasteiger partial charge on any atom is 0.225 e. The van der Waals surface area contributed by atoms with E-state index in [0.717, 1.165) is 6.26 Å². The molecule has 1 amide bonds. The summed E-state index contributed by atoms with van der Waals surface area (Å²) in [6, 6.07) is 5.18. The zero-order chi connectivity index (χ0) is 15.3. The minimum atomic E-state index is -3.33. The van der Waals surface area contributed by atoms with E-state index in [1.807, 2.05) is 0 Å². The second kappa shape index (κ2) is 6.81. The lowest BCUT2D eigenvalue weighted by molar-refractivity contribution is -0.116. The molecule has 0 saturated heterocycles. The molecule has 1 aromatic rings. The third-order valence-electron chi connectivity index (χ3n) is 2.69. The van der Waals surface area contributed by atoms with Crippen molar-refractivity contribution in [3.63, 3.8) is 0 Å². The number of halogens is 1. The maximum absolute atomic E-state index is 12.7. The Hall–Kier alpha value is -1.47. The van der Waals surface area contributed by atoms with Gasteiger partial charge in [0.2, 0.25) is 15.9 Å². The van der Waals surface area contributed by atoms with Gasteiger partial charge in [-0.3, -0.25) is 4.79 Å². The Labute approximate surface area is 118 Å². The van der Waals surface area contributed by atoms with Crippen molar-refractivity contribution < 1.29 is 17.6 Å². The van der Waals surface area contributed by atoms with Gasteiger partial charge >= 0.3 is 0 Å². The number of sulfonamides is 1. The largest absolute Gasteiger partial charge is 0.326 e. The van der Waals surface area contributed by atoms with Crippen molar-refractivity contribution in [2.45, 2.75) is 26.3 Å². The molecule has 0 aromatic heterocycles. The highest BCUT2D eigenvalue weighted by atomic mass is 32.2. The fourth-order valence-corrected chi connectivity index (χ4v) is 2.96. The van der Waals surface area contributed by atoms with Crippen molar-refractivity contribution >= 4 is 21.6 Å². The minimum absolute atomic E-state index is 0.0443. The highest BCUT2D eigenvalue weighted by Crippen LogP contribution is 2.10. The molecule has 0 unspecified atom stereocenters. The number of anilines is 1. The SMILES string of the molecule is CC(C)N(CCC(=O)Nc1ccc(F)cc1)S(C)(=O)=O. The van der Waals surface area contributed by atoms with Crippen LogP contribution in [0.1, 0.15) is 20.3 Å². The number of rotatable bonds is 6. The van der Waals surface area contributed by atoms with E-state index in [9.17, 15) is 17.6 Å². The summed E-state index contributed by atoms with van der Waals surface area (Å²) in [7, 11) is -3.33. The van der Waals surface area contributed by atoms with Crippen LogP contribution in [0, 0.1) is 5.82 Å². The molecule has 0 fully saturated rings. The van der Waals surface area contributed by atoms with Crippen LogP contribution >= 0.6 is 0 Å². The zero-order valence-corrected chi connectivity index (χ0v) is 12.6. The van der Waals surface area contributed by atoms with Crippen LogP contribution in [0.4, 0.5) is 10.1 Å². The van der Waals surface area contributed by atoms with Gasteiger partial charge in [-0.1, -0.05) is 0 Å². The van der Waals surface area contributed by atoms with E-state index in [4.69, 9.17) is 0 Å². The molecule has 0 heterocycles. The normalized spacial score (nSPS) is 11.9. The summed E-state index contributed by atoms with van der Waals surface area (Å²) in [6.07, 6.45) is 1.16. The lowest BCUT2D eigenvalue weighted by Gasteiger charge is -2.23. The third kappa shape index (κ3) is 5.26. The van der Waals surface area contributed by atoms with Gasteiger partial charge in [0.05, 0.1) is 6.26 Å². The van der Waals surface area contributed by atoms with Gasteiger partial charge < -0.3 is 5.32 Å². The summed E-state index contributed by atoms with van der Waals surface area (Å²) in [5.41, 5.74) is 0.479. The van der Waals surface area contributed by atoms with Crippen LogP contribution in [0.15, 0.2) is 24.3 Å². The topological polar surface area (TPSA) is 66.5 Å². The van der Waals surface area contributed by atoms with Gasteiger partial charge in [-0.2, -0.15) is 4.31 Å². The number of hydrogen-bond donors (Lipinski definition) is 1. The van der Waals surface area contributed by atoms with E-state index in [1.54, 1.807) is 13.8 Å². The Bertz CT molecular complexity index is 555. The molecule has 20 heavy (non-hydrogen) atoms. The molecule has 1 rings (SSSR count). The van der Waals surface area contributed by atoms with Gasteiger partial charge in [0, 0.05) is 24.7 Å². The Kier molecular flexibility index (Phi) is 5.64. The first-order chi connectivity index (χ1) is 9.20. The van der Waals surface area contributed by atoms with Crippen LogP contribution < -0.4 is 5.32 Å². The molecule has 0 bridgehead atoms. The monoisotopic (exact) mass is 302 g/mol. The predicted molar refractivity (Wildman–Crippen MR) is 76.3 cm³/mol. The number of nitrogens with zero attached hydrogens (tertiary/aromatic N) is 1. The molecule has 0 aliphatic carbocycles. The van der Waals surface area contributed by atoms with Gasteiger partial charge in [-0.05, 0) is 38.1 Å². The van der Waals surface area contributed by atoms with Crippen molar-refractivity contribution in [3.8, 4) is 0 Å². The van der Waals surface area contributed by atoms with E-state index in [-0.39, 0.29) is 30.7 Å². The molecule has 0 spiro atoms. The number of benzene rings is 1. The molecule has 5 nitrogen and oxygen atoms in total. The average molecular weight is 302 g/mol. The van der Waals surface area contributed by atoms with Crippen molar-refractivity contribution in [1.82, 2.24) is 4.31 Å². The molecule has 0 radical (unpaired) electrons. The number of carbonyl (C=O) groups is 1. The third-order valence-corrected chi connectivity index (χ3v) is 4.15. The second-order valence-electron chi connectivity index (χ2n) is 4.77. The van der Waals surface area contributed by atoms with Crippen molar-refractivity contribution in [2.24, 2.45) is 0 Å². The number of amides is 1. The summed E-state index contributed by atoms with van der Waals surface area (Å²) < 4.78 is 37.0. The zero-order valence-electron chi connectivity index (χ0n) is 11.8. The smallest absolute Gasteiger partial charge is 0.225 e. The van der Waals surface area contributed by atoms with Crippen LogP contribution in [-0.4, -0.2) is 37.5 Å². The van der Waals surface area contributed by atoms with Crippen LogP contribution in [-0.2, 0) is 14.8 Å². The standard InChI is InChI=1S/C13H19FN2O3S/c1-10(2)16(20(3,18)19)9-8-13(17)15-12-6-4-11(14)5-7-12/h4-7,10H,8-9H2,1-3H3,(H,15,17). The molecule has 1 aromatic carbocycles. The van der Waals surface area contributed by atoms with E-state index in [0.29, 0.717) is 5.69 Å². The molecule has 1 N–H and O–H groups in total. The fourth-order valence-electron chi connectivity index (χ4n) is 1.78. The summed E-state index contributed by atoms with van der Waals surface area (Å²) in [5, 5.41) is 2.59. The highest BCUT2D eigenvalue weighted by molar-refractivity contribution is 7.88.